The van der Waals surface area contributed by atoms with Crippen molar-refractivity contribution in [1.82, 2.24) is 15.5 Å². The van der Waals surface area contributed by atoms with Crippen molar-refractivity contribution in [3.8, 4) is 11.5 Å². The van der Waals surface area contributed by atoms with Crippen molar-refractivity contribution in [1.29, 1.82) is 0 Å². The Morgan fingerprint density at radius 1 is 1.20 bits per heavy atom. The Bertz CT molecular complexity index is 839. The molecular weight excluding hydrogens is 387 g/mol. The number of ether oxygens (including phenoxy) is 2. The van der Waals surface area contributed by atoms with Gasteiger partial charge in [-0.3, -0.25) is 9.89 Å². The number of aromatic hydroxyl groups is 1. The zero-order chi connectivity index (χ0) is 21.3. The van der Waals surface area contributed by atoms with Crippen LogP contribution in [0.3, 0.4) is 0 Å². The van der Waals surface area contributed by atoms with E-state index in [-0.39, 0.29) is 17.6 Å². The molecule has 3 N–H and O–H groups in total. The zero-order valence-corrected chi connectivity index (χ0v) is 17.4. The van der Waals surface area contributed by atoms with E-state index in [1.54, 1.807) is 32.4 Å². The van der Waals surface area contributed by atoms with Crippen molar-refractivity contribution >= 4 is 5.96 Å². The summed E-state index contributed by atoms with van der Waals surface area (Å²) in [6.07, 6.45) is 0. The molecular formula is C22H29FN4O3. The molecule has 0 aromatic heterocycles. The number of aliphatic imine (C=N–C) groups is 1. The smallest absolute Gasteiger partial charge is 0.191 e. The van der Waals surface area contributed by atoms with Crippen molar-refractivity contribution in [2.45, 2.75) is 12.6 Å². The molecule has 2 aromatic rings. The molecule has 1 heterocycles. The second-order valence-corrected chi connectivity index (χ2v) is 7.02. The van der Waals surface area contributed by atoms with Crippen LogP contribution < -0.4 is 15.4 Å². The van der Waals surface area contributed by atoms with Crippen LogP contribution in [0.2, 0.25) is 0 Å². The number of nitrogens with zero attached hydrogens (tertiary/aromatic N) is 2. The number of nitrogens with one attached hydrogen (secondary N) is 2. The summed E-state index contributed by atoms with van der Waals surface area (Å²) in [5.74, 6) is 1.23. The summed E-state index contributed by atoms with van der Waals surface area (Å²) >= 11 is 0. The molecule has 162 valence electrons. The van der Waals surface area contributed by atoms with Gasteiger partial charge in [-0.1, -0.05) is 12.1 Å². The van der Waals surface area contributed by atoms with Gasteiger partial charge in [0.15, 0.2) is 5.96 Å². The highest BCUT2D eigenvalue weighted by atomic mass is 19.1. The van der Waals surface area contributed by atoms with Gasteiger partial charge in [-0.25, -0.2) is 4.39 Å². The van der Waals surface area contributed by atoms with Crippen LogP contribution in [0.5, 0.6) is 11.5 Å². The molecule has 8 heteroatoms. The third-order valence-corrected chi connectivity index (χ3v) is 5.16. The molecule has 1 saturated heterocycles. The van der Waals surface area contributed by atoms with Gasteiger partial charge < -0.3 is 25.2 Å². The Hall–Kier alpha value is -2.84. The maximum atomic E-state index is 13.4. The van der Waals surface area contributed by atoms with Crippen LogP contribution in [-0.2, 0) is 11.3 Å². The summed E-state index contributed by atoms with van der Waals surface area (Å²) in [6.45, 7) is 3.97. The Balaban J connectivity index is 1.65. The Morgan fingerprint density at radius 2 is 1.93 bits per heavy atom. The first-order chi connectivity index (χ1) is 14.6. The normalized spacial score (nSPS) is 16.2. The molecule has 0 saturated carbocycles. The van der Waals surface area contributed by atoms with Gasteiger partial charge in [0.1, 0.15) is 17.3 Å². The van der Waals surface area contributed by atoms with E-state index in [0.29, 0.717) is 43.6 Å². The van der Waals surface area contributed by atoms with E-state index in [2.05, 4.69) is 20.5 Å². The van der Waals surface area contributed by atoms with Gasteiger partial charge in [-0.15, -0.1) is 0 Å². The minimum Gasteiger partial charge on any atom is -0.508 e. The highest BCUT2D eigenvalue weighted by molar-refractivity contribution is 5.79. The van der Waals surface area contributed by atoms with E-state index in [9.17, 15) is 9.50 Å². The summed E-state index contributed by atoms with van der Waals surface area (Å²) in [6, 6.07) is 11.8. The molecule has 7 nitrogen and oxygen atoms in total. The topological polar surface area (TPSA) is 78.4 Å². The molecule has 0 aliphatic carbocycles. The summed E-state index contributed by atoms with van der Waals surface area (Å²) in [4.78, 5) is 6.60. The Morgan fingerprint density at radius 3 is 2.60 bits per heavy atom. The van der Waals surface area contributed by atoms with Crippen molar-refractivity contribution in [3.05, 3.63) is 59.4 Å². The average Bonchev–Trinajstić information content (AvgIpc) is 2.78. The van der Waals surface area contributed by atoms with E-state index in [1.807, 2.05) is 12.1 Å². The fourth-order valence-electron chi connectivity index (χ4n) is 3.46. The maximum absolute atomic E-state index is 13.4. The van der Waals surface area contributed by atoms with Crippen LogP contribution in [-0.4, -0.2) is 63.0 Å². The molecule has 1 fully saturated rings. The summed E-state index contributed by atoms with van der Waals surface area (Å²) in [5, 5.41) is 16.6. The largest absolute Gasteiger partial charge is 0.508 e. The van der Waals surface area contributed by atoms with Crippen molar-refractivity contribution < 1.29 is 19.0 Å². The van der Waals surface area contributed by atoms with Crippen LogP contribution in [0, 0.1) is 5.82 Å². The first kappa shape index (κ1) is 21.9. The second kappa shape index (κ2) is 10.8. The molecule has 0 bridgehead atoms. The number of guanidine groups is 1. The first-order valence-electron chi connectivity index (χ1n) is 9.98. The van der Waals surface area contributed by atoms with E-state index in [4.69, 9.17) is 9.47 Å². The third-order valence-electron chi connectivity index (χ3n) is 5.16. The van der Waals surface area contributed by atoms with Gasteiger partial charge in [0.25, 0.3) is 0 Å². The van der Waals surface area contributed by atoms with E-state index in [1.165, 1.54) is 12.1 Å². The van der Waals surface area contributed by atoms with Crippen molar-refractivity contribution in [2.24, 2.45) is 4.99 Å². The molecule has 1 aliphatic heterocycles. The number of benzene rings is 2. The highest BCUT2D eigenvalue weighted by Crippen LogP contribution is 2.23. The Kier molecular flexibility index (Phi) is 7.87. The summed E-state index contributed by atoms with van der Waals surface area (Å²) in [5.41, 5.74) is 1.74. The van der Waals surface area contributed by atoms with Crippen molar-refractivity contribution in [2.75, 3.05) is 47.0 Å². The predicted octanol–water partition coefficient (Wildman–Crippen LogP) is 2.28. The Labute approximate surface area is 176 Å². The number of methoxy groups -OCH3 is 1. The fraction of sp³-hybridized carbons (Fsp3) is 0.409. The number of halogens is 1. The number of hydrogen-bond acceptors (Lipinski definition) is 5. The molecule has 30 heavy (non-hydrogen) atoms. The molecule has 1 atom stereocenters. The standard InChI is InChI=1S/C22H29FN4O3/c1-24-22(25-14-17-13-19(29-2)7-8-21(17)28)26-15-20(27-9-11-30-12-10-27)16-3-5-18(23)6-4-16/h3-8,13,20,28H,9-12,14-15H2,1-2H3,(H2,24,25,26). The maximum Gasteiger partial charge on any atom is 0.191 e. The molecule has 0 amide bonds. The summed E-state index contributed by atoms with van der Waals surface area (Å²) in [7, 11) is 3.29. The molecule has 0 spiro atoms. The van der Waals surface area contributed by atoms with Gasteiger partial charge in [0.2, 0.25) is 0 Å². The number of phenols is 1. The quantitative estimate of drug-likeness (QED) is 0.475. The zero-order valence-electron chi connectivity index (χ0n) is 17.4. The van der Waals surface area contributed by atoms with Crippen molar-refractivity contribution in [3.63, 3.8) is 0 Å². The van der Waals surface area contributed by atoms with Gasteiger partial charge in [-0.05, 0) is 35.9 Å². The van der Waals surface area contributed by atoms with Gasteiger partial charge in [-0.2, -0.15) is 0 Å². The highest BCUT2D eigenvalue weighted by Gasteiger charge is 2.23. The minimum atomic E-state index is -0.247. The first-order valence-corrected chi connectivity index (χ1v) is 9.98. The number of morpholine rings is 1. The number of phenolic OH excluding ortho intramolecular Hbond substituents is 1. The lowest BCUT2D eigenvalue weighted by molar-refractivity contribution is 0.0170. The monoisotopic (exact) mass is 416 g/mol. The molecule has 2 aromatic carbocycles. The number of hydrogen-bond donors (Lipinski definition) is 3. The summed E-state index contributed by atoms with van der Waals surface area (Å²) < 4.78 is 24.1. The number of rotatable bonds is 7. The molecule has 1 unspecified atom stereocenters. The van der Waals surface area contributed by atoms with E-state index < -0.39 is 0 Å². The van der Waals surface area contributed by atoms with Gasteiger partial charge in [0.05, 0.1) is 26.4 Å². The second-order valence-electron chi connectivity index (χ2n) is 7.02. The minimum absolute atomic E-state index is 0.0540. The SMILES string of the molecule is CN=C(NCc1cc(OC)ccc1O)NCC(c1ccc(F)cc1)N1CCOCC1. The lowest BCUT2D eigenvalue weighted by atomic mass is 10.0. The van der Waals surface area contributed by atoms with Gasteiger partial charge in [0, 0.05) is 38.8 Å². The van der Waals surface area contributed by atoms with Crippen LogP contribution >= 0.6 is 0 Å². The lowest BCUT2D eigenvalue weighted by Crippen LogP contribution is -2.46. The lowest BCUT2D eigenvalue weighted by Gasteiger charge is -2.35. The van der Waals surface area contributed by atoms with Crippen LogP contribution in [0.25, 0.3) is 0 Å². The van der Waals surface area contributed by atoms with E-state index in [0.717, 1.165) is 18.7 Å². The fourth-order valence-corrected chi connectivity index (χ4v) is 3.46. The van der Waals surface area contributed by atoms with Crippen LogP contribution in [0.4, 0.5) is 4.39 Å². The predicted molar refractivity (Wildman–Crippen MR) is 114 cm³/mol. The third kappa shape index (κ3) is 5.84. The molecule has 1 aliphatic rings. The van der Waals surface area contributed by atoms with Gasteiger partial charge >= 0.3 is 0 Å². The molecule has 0 radical (unpaired) electrons. The van der Waals surface area contributed by atoms with Crippen LogP contribution in [0.1, 0.15) is 17.2 Å². The molecule has 3 rings (SSSR count). The average molecular weight is 416 g/mol. The van der Waals surface area contributed by atoms with E-state index >= 15 is 0 Å². The van der Waals surface area contributed by atoms with Crippen LogP contribution in [0.15, 0.2) is 47.5 Å².